The van der Waals surface area contributed by atoms with Crippen LogP contribution in [0.4, 0.5) is 13.2 Å². The van der Waals surface area contributed by atoms with Gasteiger partial charge in [-0.1, -0.05) is 25.1 Å². The number of benzene rings is 1. The van der Waals surface area contributed by atoms with Gasteiger partial charge in [-0.2, -0.15) is 13.2 Å². The monoisotopic (exact) mass is 303 g/mol. The summed E-state index contributed by atoms with van der Waals surface area (Å²) in [6.07, 6.45) is -3.81. The number of esters is 1. The maximum absolute atomic E-state index is 13.1. The third-order valence-corrected chi connectivity index (χ3v) is 2.96. The lowest BCUT2D eigenvalue weighted by Crippen LogP contribution is -2.27. The van der Waals surface area contributed by atoms with Gasteiger partial charge >= 0.3 is 12.1 Å². The van der Waals surface area contributed by atoms with Gasteiger partial charge in [0, 0.05) is 6.04 Å². The van der Waals surface area contributed by atoms with Gasteiger partial charge in [-0.05, 0) is 31.5 Å². The Morgan fingerprint density at radius 1 is 1.29 bits per heavy atom. The molecule has 0 saturated heterocycles. The summed E-state index contributed by atoms with van der Waals surface area (Å²) < 4.78 is 44.1. The summed E-state index contributed by atoms with van der Waals surface area (Å²) in [7, 11) is 0. The maximum Gasteiger partial charge on any atom is 0.416 e. The average Bonchev–Trinajstić information content (AvgIpc) is 2.43. The van der Waals surface area contributed by atoms with Crippen LogP contribution in [-0.4, -0.2) is 19.1 Å². The van der Waals surface area contributed by atoms with Crippen molar-refractivity contribution in [3.05, 3.63) is 35.4 Å². The molecule has 0 amide bonds. The summed E-state index contributed by atoms with van der Waals surface area (Å²) in [5.41, 5.74) is -0.644. The molecule has 6 heteroatoms. The molecule has 118 valence electrons. The van der Waals surface area contributed by atoms with E-state index in [2.05, 4.69) is 5.32 Å². The molecule has 3 nitrogen and oxygen atoms in total. The molecule has 0 saturated carbocycles. The SMILES string of the molecule is CCCNC(CC(=O)OCC)c1ccccc1C(F)(F)F. The van der Waals surface area contributed by atoms with Gasteiger partial charge < -0.3 is 10.1 Å². The van der Waals surface area contributed by atoms with Crippen LogP contribution in [0, 0.1) is 0 Å². The van der Waals surface area contributed by atoms with E-state index >= 15 is 0 Å². The number of hydrogen-bond acceptors (Lipinski definition) is 3. The van der Waals surface area contributed by atoms with Crippen LogP contribution in [0.2, 0.25) is 0 Å². The van der Waals surface area contributed by atoms with Crippen molar-refractivity contribution in [2.75, 3.05) is 13.2 Å². The van der Waals surface area contributed by atoms with E-state index < -0.39 is 23.8 Å². The second kappa shape index (κ2) is 8.02. The van der Waals surface area contributed by atoms with Crippen molar-refractivity contribution in [1.82, 2.24) is 5.32 Å². The second-order valence-corrected chi connectivity index (χ2v) is 4.60. The molecule has 0 bridgehead atoms. The summed E-state index contributed by atoms with van der Waals surface area (Å²) >= 11 is 0. The predicted octanol–water partition coefficient (Wildman–Crippen LogP) is 3.70. The molecule has 21 heavy (non-hydrogen) atoms. The largest absolute Gasteiger partial charge is 0.466 e. The van der Waals surface area contributed by atoms with Crippen LogP contribution in [0.5, 0.6) is 0 Å². The van der Waals surface area contributed by atoms with Crippen LogP contribution in [0.3, 0.4) is 0 Å². The molecule has 0 aromatic heterocycles. The van der Waals surface area contributed by atoms with Gasteiger partial charge in [0.15, 0.2) is 0 Å². The van der Waals surface area contributed by atoms with Crippen LogP contribution in [-0.2, 0) is 15.7 Å². The van der Waals surface area contributed by atoms with Crippen LogP contribution < -0.4 is 5.32 Å². The van der Waals surface area contributed by atoms with E-state index in [-0.39, 0.29) is 18.6 Å². The minimum Gasteiger partial charge on any atom is -0.466 e. The highest BCUT2D eigenvalue weighted by molar-refractivity contribution is 5.70. The molecule has 1 unspecified atom stereocenters. The average molecular weight is 303 g/mol. The topological polar surface area (TPSA) is 38.3 Å². The third-order valence-electron chi connectivity index (χ3n) is 2.96. The lowest BCUT2D eigenvalue weighted by atomic mass is 9.97. The summed E-state index contributed by atoms with van der Waals surface area (Å²) in [6.45, 7) is 4.30. The number of carbonyl (C=O) groups is 1. The fraction of sp³-hybridized carbons (Fsp3) is 0.533. The zero-order valence-corrected chi connectivity index (χ0v) is 12.2. The minimum atomic E-state index is -4.45. The van der Waals surface area contributed by atoms with E-state index in [0.29, 0.717) is 6.54 Å². The van der Waals surface area contributed by atoms with Gasteiger partial charge in [0.25, 0.3) is 0 Å². The van der Waals surface area contributed by atoms with Crippen molar-refractivity contribution in [2.45, 2.75) is 38.9 Å². The molecule has 1 atom stereocenters. The summed E-state index contributed by atoms with van der Waals surface area (Å²) in [6, 6.07) is 4.60. The standard InChI is InChI=1S/C15H20F3NO2/c1-3-9-19-13(10-14(20)21-4-2)11-7-5-6-8-12(11)15(16,17)18/h5-8,13,19H,3-4,9-10H2,1-2H3. The molecular weight excluding hydrogens is 283 g/mol. The van der Waals surface area contributed by atoms with Crippen molar-refractivity contribution in [1.29, 1.82) is 0 Å². The first-order valence-corrected chi connectivity index (χ1v) is 6.95. The number of alkyl halides is 3. The van der Waals surface area contributed by atoms with Crippen molar-refractivity contribution in [3.8, 4) is 0 Å². The van der Waals surface area contributed by atoms with E-state index in [1.807, 2.05) is 6.92 Å². The zero-order chi connectivity index (χ0) is 15.9. The normalized spacial score (nSPS) is 13.0. The Bertz CT molecular complexity index is 460. The smallest absolute Gasteiger partial charge is 0.416 e. The Kier molecular flexibility index (Phi) is 6.68. The van der Waals surface area contributed by atoms with E-state index in [1.165, 1.54) is 18.2 Å². The van der Waals surface area contributed by atoms with Crippen LogP contribution in [0.25, 0.3) is 0 Å². The van der Waals surface area contributed by atoms with Crippen molar-refractivity contribution in [2.24, 2.45) is 0 Å². The first-order chi connectivity index (χ1) is 9.90. The fourth-order valence-corrected chi connectivity index (χ4v) is 2.06. The van der Waals surface area contributed by atoms with Crippen LogP contribution in [0.15, 0.2) is 24.3 Å². The summed E-state index contributed by atoms with van der Waals surface area (Å²) in [5.74, 6) is -0.511. The number of rotatable bonds is 7. The predicted molar refractivity (Wildman–Crippen MR) is 73.7 cm³/mol. The lowest BCUT2D eigenvalue weighted by Gasteiger charge is -2.22. The summed E-state index contributed by atoms with van der Waals surface area (Å²) in [5, 5.41) is 2.99. The highest BCUT2D eigenvalue weighted by atomic mass is 19.4. The molecule has 1 rings (SSSR count). The van der Waals surface area contributed by atoms with E-state index in [0.717, 1.165) is 12.5 Å². The molecule has 0 heterocycles. The molecule has 1 aromatic rings. The number of halogens is 3. The van der Waals surface area contributed by atoms with Crippen molar-refractivity contribution >= 4 is 5.97 Å². The first kappa shape index (κ1) is 17.5. The molecule has 0 spiro atoms. The highest BCUT2D eigenvalue weighted by Crippen LogP contribution is 2.35. The van der Waals surface area contributed by atoms with Gasteiger partial charge in [0.05, 0.1) is 18.6 Å². The van der Waals surface area contributed by atoms with Gasteiger partial charge in [0.2, 0.25) is 0 Å². The Balaban J connectivity index is 3.05. The molecule has 1 aromatic carbocycles. The second-order valence-electron chi connectivity index (χ2n) is 4.60. The van der Waals surface area contributed by atoms with Gasteiger partial charge in [0.1, 0.15) is 0 Å². The van der Waals surface area contributed by atoms with Gasteiger partial charge in [-0.25, -0.2) is 0 Å². The molecule has 0 fully saturated rings. The Hall–Kier alpha value is -1.56. The summed E-state index contributed by atoms with van der Waals surface area (Å²) in [4.78, 5) is 11.6. The van der Waals surface area contributed by atoms with Gasteiger partial charge in [-0.15, -0.1) is 0 Å². The van der Waals surface area contributed by atoms with Crippen molar-refractivity contribution in [3.63, 3.8) is 0 Å². The lowest BCUT2D eigenvalue weighted by molar-refractivity contribution is -0.145. The first-order valence-electron chi connectivity index (χ1n) is 6.95. The van der Waals surface area contributed by atoms with E-state index in [4.69, 9.17) is 4.74 Å². The van der Waals surface area contributed by atoms with Gasteiger partial charge in [-0.3, -0.25) is 4.79 Å². The number of hydrogen-bond donors (Lipinski definition) is 1. The number of nitrogens with one attached hydrogen (secondary N) is 1. The Labute approximate surface area is 122 Å². The Morgan fingerprint density at radius 2 is 1.95 bits per heavy atom. The maximum atomic E-state index is 13.1. The minimum absolute atomic E-state index is 0.0755. The third kappa shape index (κ3) is 5.38. The fourth-order valence-electron chi connectivity index (χ4n) is 2.06. The van der Waals surface area contributed by atoms with E-state index in [9.17, 15) is 18.0 Å². The molecule has 1 N–H and O–H groups in total. The number of carbonyl (C=O) groups excluding carboxylic acids is 1. The van der Waals surface area contributed by atoms with Crippen LogP contribution in [0.1, 0.15) is 43.9 Å². The quantitative estimate of drug-likeness (QED) is 0.781. The van der Waals surface area contributed by atoms with Crippen molar-refractivity contribution < 1.29 is 22.7 Å². The van der Waals surface area contributed by atoms with E-state index in [1.54, 1.807) is 6.92 Å². The molecule has 0 aliphatic carbocycles. The molecule has 0 aliphatic heterocycles. The molecule has 0 radical (unpaired) electrons. The Morgan fingerprint density at radius 3 is 2.52 bits per heavy atom. The van der Waals surface area contributed by atoms with Crippen LogP contribution >= 0.6 is 0 Å². The zero-order valence-electron chi connectivity index (χ0n) is 12.2. The molecular formula is C15H20F3NO2. The molecule has 0 aliphatic rings. The number of ether oxygens (including phenoxy) is 1. The highest BCUT2D eigenvalue weighted by Gasteiger charge is 2.35.